The largest absolute Gasteiger partial charge is 0.497 e. The second kappa shape index (κ2) is 7.24. The van der Waals surface area contributed by atoms with Gasteiger partial charge in [0.05, 0.1) is 19.3 Å². The van der Waals surface area contributed by atoms with Gasteiger partial charge in [0.2, 0.25) is 0 Å². The Hall–Kier alpha value is -1.12. The van der Waals surface area contributed by atoms with Gasteiger partial charge >= 0.3 is 7.12 Å². The second-order valence-electron chi connectivity index (χ2n) is 5.18. The van der Waals surface area contributed by atoms with E-state index in [1.165, 1.54) is 0 Å². The predicted octanol–water partition coefficient (Wildman–Crippen LogP) is -0.779. The quantitative estimate of drug-likeness (QED) is 0.671. The fourth-order valence-electron chi connectivity index (χ4n) is 2.74. The highest BCUT2D eigenvalue weighted by Gasteiger charge is 2.33. The summed E-state index contributed by atoms with van der Waals surface area (Å²) in [6, 6.07) is 5.23. The van der Waals surface area contributed by atoms with Crippen molar-refractivity contribution in [1.82, 2.24) is 4.90 Å². The molecule has 116 valence electrons. The van der Waals surface area contributed by atoms with E-state index in [1.54, 1.807) is 33.5 Å². The molecule has 0 aliphatic carbocycles. The van der Waals surface area contributed by atoms with Gasteiger partial charge in [-0.2, -0.15) is 0 Å². The maximum atomic E-state index is 9.49. The summed E-state index contributed by atoms with van der Waals surface area (Å²) < 4.78 is 16.0. The number of nitrogens with zero attached hydrogens (tertiary/aromatic N) is 1. The van der Waals surface area contributed by atoms with Gasteiger partial charge in [-0.15, -0.1) is 0 Å². The molecule has 1 heterocycles. The monoisotopic (exact) mass is 295 g/mol. The average Bonchev–Trinajstić information content (AvgIpc) is 2.88. The lowest BCUT2D eigenvalue weighted by molar-refractivity contribution is -0.00461. The van der Waals surface area contributed by atoms with Gasteiger partial charge in [-0.3, -0.25) is 4.90 Å². The fourth-order valence-corrected chi connectivity index (χ4v) is 2.74. The van der Waals surface area contributed by atoms with Gasteiger partial charge in [-0.05, 0) is 23.2 Å². The molecule has 0 spiro atoms. The van der Waals surface area contributed by atoms with E-state index in [0.717, 1.165) is 18.7 Å². The van der Waals surface area contributed by atoms with Crippen LogP contribution in [0.4, 0.5) is 0 Å². The molecule has 1 aromatic carbocycles. The summed E-state index contributed by atoms with van der Waals surface area (Å²) in [7, 11) is 3.44. The number of ether oxygens (including phenoxy) is 3. The first kappa shape index (κ1) is 16.3. The van der Waals surface area contributed by atoms with Crippen LogP contribution in [0, 0.1) is 0 Å². The van der Waals surface area contributed by atoms with Crippen molar-refractivity contribution < 1.29 is 24.3 Å². The summed E-state index contributed by atoms with van der Waals surface area (Å²) in [5, 5.41) is 19.0. The van der Waals surface area contributed by atoms with Gasteiger partial charge in [0.25, 0.3) is 0 Å². The molecule has 1 aliphatic heterocycles. The highest BCUT2D eigenvalue weighted by atomic mass is 16.5. The van der Waals surface area contributed by atoms with Gasteiger partial charge < -0.3 is 24.3 Å². The Bertz CT molecular complexity index is 459. The maximum Gasteiger partial charge on any atom is 0.488 e. The third-order valence-electron chi connectivity index (χ3n) is 3.92. The van der Waals surface area contributed by atoms with Crippen LogP contribution in [-0.2, 0) is 16.0 Å². The summed E-state index contributed by atoms with van der Waals surface area (Å²) in [5.41, 5.74) is 1.32. The lowest BCUT2D eigenvalue weighted by atomic mass is 9.77. The van der Waals surface area contributed by atoms with E-state index in [9.17, 15) is 10.0 Å². The third-order valence-corrected chi connectivity index (χ3v) is 3.92. The first-order chi connectivity index (χ1) is 10.1. The summed E-state index contributed by atoms with van der Waals surface area (Å²) in [5.74, 6) is 0.695. The van der Waals surface area contributed by atoms with E-state index in [2.05, 4.69) is 4.90 Å². The zero-order valence-corrected chi connectivity index (χ0v) is 12.7. The molecule has 2 N–H and O–H groups in total. The highest BCUT2D eigenvalue weighted by Crippen LogP contribution is 2.20. The lowest BCUT2D eigenvalue weighted by Crippen LogP contribution is -2.35. The number of benzene rings is 1. The minimum atomic E-state index is -1.50. The van der Waals surface area contributed by atoms with Crippen LogP contribution < -0.4 is 10.2 Å². The molecule has 0 saturated carbocycles. The van der Waals surface area contributed by atoms with Crippen LogP contribution in [-0.4, -0.2) is 68.7 Å². The van der Waals surface area contributed by atoms with Crippen LogP contribution in [0.3, 0.4) is 0 Å². The van der Waals surface area contributed by atoms with E-state index in [1.807, 2.05) is 6.07 Å². The fraction of sp³-hybridized carbons (Fsp3) is 0.571. The Morgan fingerprint density at radius 3 is 2.24 bits per heavy atom. The van der Waals surface area contributed by atoms with Gasteiger partial charge in [0, 0.05) is 33.9 Å². The Labute approximate surface area is 125 Å². The highest BCUT2D eigenvalue weighted by molar-refractivity contribution is 6.59. The number of hydrogen-bond donors (Lipinski definition) is 2. The molecular formula is C14H22BNO5. The van der Waals surface area contributed by atoms with Gasteiger partial charge in [-0.25, -0.2) is 0 Å². The zero-order valence-electron chi connectivity index (χ0n) is 12.7. The molecular weight excluding hydrogens is 273 g/mol. The molecule has 1 fully saturated rings. The van der Waals surface area contributed by atoms with Crippen LogP contribution in [0.2, 0.25) is 0 Å². The molecule has 0 amide bonds. The number of rotatable bonds is 6. The standard InChI is InChI=1S/C14H22BNO5/c1-19-11-4-5-12(15(17)18)10(6-11)7-16-8-13(20-2)14(9-16)21-3/h4-6,13-14,17-18H,7-9H2,1-3H3. The van der Waals surface area contributed by atoms with Crippen LogP contribution in [0.5, 0.6) is 5.75 Å². The molecule has 2 atom stereocenters. The van der Waals surface area contributed by atoms with Gasteiger partial charge in [0.15, 0.2) is 0 Å². The Morgan fingerprint density at radius 1 is 1.14 bits per heavy atom. The van der Waals surface area contributed by atoms with Crippen molar-refractivity contribution in [3.8, 4) is 5.75 Å². The first-order valence-electron chi connectivity index (χ1n) is 6.90. The Morgan fingerprint density at radius 2 is 1.76 bits per heavy atom. The topological polar surface area (TPSA) is 71.4 Å². The maximum absolute atomic E-state index is 9.49. The van der Waals surface area contributed by atoms with Crippen molar-refractivity contribution in [1.29, 1.82) is 0 Å². The molecule has 21 heavy (non-hydrogen) atoms. The molecule has 2 unspecified atom stereocenters. The summed E-state index contributed by atoms with van der Waals surface area (Å²) in [6.07, 6.45) is 0.0613. The lowest BCUT2D eigenvalue weighted by Gasteiger charge is -2.18. The molecule has 0 aromatic heterocycles. The summed E-state index contributed by atoms with van der Waals surface area (Å²) >= 11 is 0. The van der Waals surface area contributed by atoms with Crippen LogP contribution in [0.25, 0.3) is 0 Å². The SMILES string of the molecule is COc1ccc(B(O)O)c(CN2CC(OC)C(OC)C2)c1. The van der Waals surface area contributed by atoms with Crippen molar-refractivity contribution >= 4 is 12.6 Å². The molecule has 1 saturated heterocycles. The van der Waals surface area contributed by atoms with Crippen molar-refractivity contribution in [3.63, 3.8) is 0 Å². The predicted molar refractivity (Wildman–Crippen MR) is 79.7 cm³/mol. The van der Waals surface area contributed by atoms with Crippen LogP contribution in [0.1, 0.15) is 5.56 Å². The molecule has 7 heteroatoms. The van der Waals surface area contributed by atoms with E-state index in [0.29, 0.717) is 17.8 Å². The second-order valence-corrected chi connectivity index (χ2v) is 5.18. The third kappa shape index (κ3) is 3.75. The Balaban J connectivity index is 2.15. The van der Waals surface area contributed by atoms with Crippen LogP contribution >= 0.6 is 0 Å². The van der Waals surface area contributed by atoms with Crippen molar-refractivity contribution in [3.05, 3.63) is 23.8 Å². The van der Waals surface area contributed by atoms with E-state index in [4.69, 9.17) is 14.2 Å². The minimum Gasteiger partial charge on any atom is -0.497 e. The molecule has 0 bridgehead atoms. The molecule has 1 aliphatic rings. The van der Waals surface area contributed by atoms with Crippen molar-refractivity contribution in [2.75, 3.05) is 34.4 Å². The van der Waals surface area contributed by atoms with E-state index >= 15 is 0 Å². The number of likely N-dealkylation sites (tertiary alicyclic amines) is 1. The Kier molecular flexibility index (Phi) is 5.61. The zero-order chi connectivity index (χ0) is 15.4. The van der Waals surface area contributed by atoms with Gasteiger partial charge in [0.1, 0.15) is 5.75 Å². The van der Waals surface area contributed by atoms with Crippen LogP contribution in [0.15, 0.2) is 18.2 Å². The molecule has 1 aromatic rings. The normalized spacial score (nSPS) is 22.5. The number of methoxy groups -OCH3 is 3. The smallest absolute Gasteiger partial charge is 0.488 e. The molecule has 6 nitrogen and oxygen atoms in total. The van der Waals surface area contributed by atoms with Gasteiger partial charge in [-0.1, -0.05) is 6.07 Å². The van der Waals surface area contributed by atoms with E-state index < -0.39 is 7.12 Å². The molecule has 2 rings (SSSR count). The van der Waals surface area contributed by atoms with Crippen molar-refractivity contribution in [2.45, 2.75) is 18.8 Å². The summed E-state index contributed by atoms with van der Waals surface area (Å²) in [4.78, 5) is 2.17. The van der Waals surface area contributed by atoms with E-state index in [-0.39, 0.29) is 12.2 Å². The average molecular weight is 295 g/mol. The summed E-state index contributed by atoms with van der Waals surface area (Å²) in [6.45, 7) is 2.07. The first-order valence-corrected chi connectivity index (χ1v) is 6.90. The van der Waals surface area contributed by atoms with Crippen molar-refractivity contribution in [2.24, 2.45) is 0 Å². The number of hydrogen-bond acceptors (Lipinski definition) is 6. The minimum absolute atomic E-state index is 0.0307. The molecule has 0 radical (unpaired) electrons.